The lowest BCUT2D eigenvalue weighted by molar-refractivity contribution is 0.0944. The first kappa shape index (κ1) is 20.7. The highest BCUT2D eigenvalue weighted by atomic mass is 19.1. The molecule has 3 aromatic heterocycles. The summed E-state index contributed by atoms with van der Waals surface area (Å²) in [4.78, 5) is 25.8. The van der Waals surface area contributed by atoms with Gasteiger partial charge in [0, 0.05) is 46.7 Å². The molecule has 2 aliphatic rings. The Balaban J connectivity index is 1.57. The Kier molecular flexibility index (Phi) is 4.58. The van der Waals surface area contributed by atoms with Gasteiger partial charge >= 0.3 is 0 Å². The van der Waals surface area contributed by atoms with Crippen molar-refractivity contribution in [3.05, 3.63) is 65.2 Å². The van der Waals surface area contributed by atoms with E-state index < -0.39 is 0 Å². The Morgan fingerprint density at radius 2 is 2.06 bits per heavy atom. The van der Waals surface area contributed by atoms with Gasteiger partial charge in [0.15, 0.2) is 0 Å². The third-order valence-electron chi connectivity index (χ3n) is 6.45. The van der Waals surface area contributed by atoms with Gasteiger partial charge in [-0.05, 0) is 51.5 Å². The van der Waals surface area contributed by atoms with Crippen LogP contribution in [0.3, 0.4) is 0 Å². The molecule has 34 heavy (non-hydrogen) atoms. The van der Waals surface area contributed by atoms with Crippen LogP contribution in [0.4, 0.5) is 15.8 Å². The fraction of sp³-hybridized carbons (Fsp3) is 0.269. The van der Waals surface area contributed by atoms with Crippen molar-refractivity contribution in [3.63, 3.8) is 0 Å². The summed E-state index contributed by atoms with van der Waals surface area (Å²) in [7, 11) is 0. The molecule has 1 aliphatic heterocycles. The molecule has 4 aromatic rings. The maximum Gasteiger partial charge on any atom is 0.255 e. The second-order valence-corrected chi connectivity index (χ2v) is 9.17. The minimum absolute atomic E-state index is 0.0217. The summed E-state index contributed by atoms with van der Waals surface area (Å²) >= 11 is 0. The van der Waals surface area contributed by atoms with Crippen LogP contribution < -0.4 is 15.4 Å². The number of carbonyl (C=O) groups excluding carboxylic acids is 1. The van der Waals surface area contributed by atoms with Crippen LogP contribution in [0.5, 0.6) is 5.88 Å². The number of fused-ring (bicyclic) bond motifs is 4. The largest absolute Gasteiger partial charge is 0.475 e. The van der Waals surface area contributed by atoms with Crippen molar-refractivity contribution in [1.82, 2.24) is 20.3 Å². The molecule has 4 heterocycles. The summed E-state index contributed by atoms with van der Waals surface area (Å²) in [5, 5.41) is 6.43. The highest BCUT2D eigenvalue weighted by molar-refractivity contribution is 6.09. The molecular formula is C26H24FN5O2. The van der Waals surface area contributed by atoms with E-state index in [0.29, 0.717) is 39.4 Å². The Morgan fingerprint density at radius 3 is 2.88 bits per heavy atom. The molecular weight excluding hydrogens is 433 g/mol. The second kappa shape index (κ2) is 7.55. The molecule has 0 spiro atoms. The van der Waals surface area contributed by atoms with Crippen LogP contribution >= 0.6 is 0 Å². The van der Waals surface area contributed by atoms with Gasteiger partial charge in [0.2, 0.25) is 5.88 Å². The van der Waals surface area contributed by atoms with E-state index in [4.69, 9.17) is 9.72 Å². The van der Waals surface area contributed by atoms with E-state index in [-0.39, 0.29) is 29.8 Å². The number of hydrogen-bond acceptors (Lipinski definition) is 5. The van der Waals surface area contributed by atoms with Crippen molar-refractivity contribution < 1.29 is 13.9 Å². The van der Waals surface area contributed by atoms with E-state index in [1.54, 1.807) is 31.3 Å². The van der Waals surface area contributed by atoms with Crippen LogP contribution in [-0.4, -0.2) is 33.0 Å². The number of hydrogen-bond donors (Lipinski definition) is 3. The number of nitrogens with zero attached hydrogens (tertiary/aromatic N) is 2. The van der Waals surface area contributed by atoms with Gasteiger partial charge in [0.05, 0.1) is 28.6 Å². The van der Waals surface area contributed by atoms with Crippen molar-refractivity contribution in [2.24, 2.45) is 0 Å². The Hall–Kier alpha value is -3.94. The fourth-order valence-corrected chi connectivity index (χ4v) is 4.67. The summed E-state index contributed by atoms with van der Waals surface area (Å²) in [6.45, 7) is 5.61. The number of benzene rings is 1. The molecule has 2 atom stereocenters. The standard InChI is InChI=1S/C26H24FN5O2/c1-12(2)34-20-8-7-18-22(31-20)14(9-10-28-18)24-25(29-17-6-4-5-16(27)13(17)3)21-23(32-24)15-11-19(15)30-26(21)33/h4-10,12,15,19,29,32H,11H2,1-3H3,(H,30,33)/t15-,19+/m1/s1. The molecule has 8 heteroatoms. The zero-order valence-corrected chi connectivity index (χ0v) is 19.1. The van der Waals surface area contributed by atoms with E-state index in [1.165, 1.54) is 6.07 Å². The van der Waals surface area contributed by atoms with Crippen molar-refractivity contribution in [3.8, 4) is 17.1 Å². The molecule has 1 saturated carbocycles. The first-order valence-corrected chi connectivity index (χ1v) is 11.4. The molecule has 7 nitrogen and oxygen atoms in total. The van der Waals surface area contributed by atoms with Crippen LogP contribution in [0.15, 0.2) is 42.6 Å². The van der Waals surface area contributed by atoms with E-state index in [2.05, 4.69) is 20.6 Å². The van der Waals surface area contributed by atoms with Gasteiger partial charge in [0.25, 0.3) is 5.91 Å². The molecule has 1 fully saturated rings. The number of anilines is 2. The number of aromatic amines is 1. The molecule has 0 unspecified atom stereocenters. The molecule has 172 valence electrons. The molecule has 6 rings (SSSR count). The van der Waals surface area contributed by atoms with Crippen LogP contribution in [0.1, 0.15) is 47.8 Å². The minimum atomic E-state index is -0.311. The summed E-state index contributed by atoms with van der Waals surface area (Å²) in [5.41, 5.74) is 6.04. The maximum absolute atomic E-state index is 14.3. The molecule has 0 radical (unpaired) electrons. The number of halogens is 1. The first-order valence-electron chi connectivity index (χ1n) is 11.4. The Morgan fingerprint density at radius 1 is 1.21 bits per heavy atom. The number of carbonyl (C=O) groups is 1. The second-order valence-electron chi connectivity index (χ2n) is 9.17. The zero-order valence-electron chi connectivity index (χ0n) is 19.1. The van der Waals surface area contributed by atoms with E-state index in [9.17, 15) is 9.18 Å². The molecule has 1 amide bonds. The summed E-state index contributed by atoms with van der Waals surface area (Å²) in [5.74, 6) is 0.303. The van der Waals surface area contributed by atoms with Crippen molar-refractivity contribution in [2.75, 3.05) is 5.32 Å². The van der Waals surface area contributed by atoms with E-state index >= 15 is 0 Å². The van der Waals surface area contributed by atoms with Gasteiger partial charge in [-0.2, -0.15) is 0 Å². The topological polar surface area (TPSA) is 91.9 Å². The Bertz CT molecular complexity index is 1460. The van der Waals surface area contributed by atoms with Crippen LogP contribution in [0, 0.1) is 12.7 Å². The Labute approximate surface area is 195 Å². The van der Waals surface area contributed by atoms with E-state index in [0.717, 1.165) is 23.4 Å². The smallest absolute Gasteiger partial charge is 0.255 e. The van der Waals surface area contributed by atoms with Crippen molar-refractivity contribution in [2.45, 2.75) is 45.3 Å². The molecule has 0 bridgehead atoms. The number of aromatic nitrogens is 3. The van der Waals surface area contributed by atoms with Gasteiger partial charge in [-0.1, -0.05) is 6.07 Å². The number of H-pyrrole nitrogens is 1. The van der Waals surface area contributed by atoms with Gasteiger partial charge in [-0.3, -0.25) is 9.78 Å². The third-order valence-corrected chi connectivity index (χ3v) is 6.45. The SMILES string of the molecule is Cc1c(F)cccc1Nc1c(-c2ccnc3ccc(OC(C)C)nc23)[nH]c2c1C(=O)N[C@H]1C[C@@H]21. The monoisotopic (exact) mass is 457 g/mol. The maximum atomic E-state index is 14.3. The molecule has 3 N–H and O–H groups in total. The number of rotatable bonds is 5. The lowest BCUT2D eigenvalue weighted by atomic mass is 10.0. The number of ether oxygens (including phenoxy) is 1. The summed E-state index contributed by atoms with van der Waals surface area (Å²) in [6, 6.07) is 10.6. The van der Waals surface area contributed by atoms with Gasteiger partial charge in [0.1, 0.15) is 11.3 Å². The average molecular weight is 458 g/mol. The fourth-order valence-electron chi connectivity index (χ4n) is 4.67. The quantitative estimate of drug-likeness (QED) is 0.383. The third kappa shape index (κ3) is 3.29. The number of amides is 1. The molecule has 1 aromatic carbocycles. The van der Waals surface area contributed by atoms with Crippen LogP contribution in [-0.2, 0) is 0 Å². The molecule has 0 saturated heterocycles. The minimum Gasteiger partial charge on any atom is -0.475 e. The van der Waals surface area contributed by atoms with Gasteiger partial charge < -0.3 is 20.4 Å². The average Bonchev–Trinajstić information content (AvgIpc) is 3.48. The van der Waals surface area contributed by atoms with Crippen molar-refractivity contribution in [1.29, 1.82) is 0 Å². The van der Waals surface area contributed by atoms with Crippen LogP contribution in [0.25, 0.3) is 22.3 Å². The normalized spacial score (nSPS) is 18.4. The lowest BCUT2D eigenvalue weighted by Gasteiger charge is -2.16. The summed E-state index contributed by atoms with van der Waals surface area (Å²) < 4.78 is 20.1. The predicted octanol–water partition coefficient (Wildman–Crippen LogP) is 5.20. The highest BCUT2D eigenvalue weighted by Crippen LogP contribution is 2.50. The van der Waals surface area contributed by atoms with Crippen molar-refractivity contribution >= 4 is 28.3 Å². The lowest BCUT2D eigenvalue weighted by Crippen LogP contribution is -2.31. The first-order chi connectivity index (χ1) is 16.4. The van der Waals surface area contributed by atoms with Gasteiger partial charge in [-0.25, -0.2) is 9.37 Å². The predicted molar refractivity (Wildman–Crippen MR) is 128 cm³/mol. The number of pyridine rings is 2. The number of nitrogens with one attached hydrogen (secondary N) is 3. The van der Waals surface area contributed by atoms with Gasteiger partial charge in [-0.15, -0.1) is 0 Å². The van der Waals surface area contributed by atoms with Crippen LogP contribution in [0.2, 0.25) is 0 Å². The molecule has 1 aliphatic carbocycles. The zero-order chi connectivity index (χ0) is 23.6. The highest BCUT2D eigenvalue weighted by Gasteiger charge is 2.48. The van der Waals surface area contributed by atoms with E-state index in [1.807, 2.05) is 26.0 Å². The summed E-state index contributed by atoms with van der Waals surface area (Å²) in [6.07, 6.45) is 2.60.